The predicted octanol–water partition coefficient (Wildman–Crippen LogP) is 2.64. The third-order valence-electron chi connectivity index (χ3n) is 5.37. The molecule has 0 saturated carbocycles. The van der Waals surface area contributed by atoms with E-state index in [2.05, 4.69) is 4.72 Å². The normalized spacial score (nSPS) is 16.6. The predicted molar refractivity (Wildman–Crippen MR) is 119 cm³/mol. The number of carbonyl (C=O) groups is 2. The first-order chi connectivity index (χ1) is 15.0. The van der Waals surface area contributed by atoms with Crippen LogP contribution in [0.15, 0.2) is 47.4 Å². The van der Waals surface area contributed by atoms with Gasteiger partial charge in [0.05, 0.1) is 4.90 Å². The molecule has 0 aromatic heterocycles. The smallest absolute Gasteiger partial charge is 0.410 e. The Bertz CT molecular complexity index is 1090. The van der Waals surface area contributed by atoms with Crippen LogP contribution >= 0.6 is 0 Å². The number of amides is 2. The van der Waals surface area contributed by atoms with Crippen LogP contribution in [-0.4, -0.2) is 55.3 Å². The maximum atomic E-state index is 13.0. The molecule has 0 spiro atoms. The van der Waals surface area contributed by atoms with E-state index < -0.39 is 39.6 Å². The van der Waals surface area contributed by atoms with Crippen molar-refractivity contribution in [3.63, 3.8) is 0 Å². The van der Waals surface area contributed by atoms with Gasteiger partial charge in [-0.05, 0) is 62.4 Å². The van der Waals surface area contributed by atoms with Crippen LogP contribution in [0.5, 0.6) is 0 Å². The molecular weight excluding hydrogens is 434 g/mol. The molecule has 2 aromatic carbocycles. The van der Waals surface area contributed by atoms with Gasteiger partial charge in [0.1, 0.15) is 11.6 Å². The van der Waals surface area contributed by atoms with E-state index in [0.717, 1.165) is 10.8 Å². The maximum Gasteiger partial charge on any atom is 0.410 e. The van der Waals surface area contributed by atoms with Gasteiger partial charge in [-0.1, -0.05) is 30.3 Å². The van der Waals surface area contributed by atoms with E-state index in [1.165, 1.54) is 17.0 Å². The van der Waals surface area contributed by atoms with Gasteiger partial charge >= 0.3 is 6.09 Å². The van der Waals surface area contributed by atoms with E-state index in [1.807, 2.05) is 18.2 Å². The Hall–Kier alpha value is -2.69. The Morgan fingerprint density at radius 1 is 1.09 bits per heavy atom. The van der Waals surface area contributed by atoms with Crippen molar-refractivity contribution in [1.29, 1.82) is 0 Å². The number of likely N-dealkylation sites (tertiary alicyclic amines) is 1. The number of sulfonamides is 1. The minimum Gasteiger partial charge on any atom is -0.444 e. The van der Waals surface area contributed by atoms with Gasteiger partial charge in [0.25, 0.3) is 5.91 Å². The molecule has 1 aliphatic heterocycles. The van der Waals surface area contributed by atoms with E-state index in [4.69, 9.17) is 4.74 Å². The van der Waals surface area contributed by atoms with E-state index in [9.17, 15) is 23.2 Å². The Kier molecular flexibility index (Phi) is 7.06. The Balaban J connectivity index is 1.74. The van der Waals surface area contributed by atoms with Crippen molar-refractivity contribution in [3.8, 4) is 0 Å². The Morgan fingerprint density at radius 3 is 2.31 bits per heavy atom. The molecule has 3 rings (SSSR count). The second kappa shape index (κ2) is 9.43. The monoisotopic (exact) mass is 463 g/mol. The lowest BCUT2D eigenvalue weighted by Gasteiger charge is -2.36. The molecule has 10 heteroatoms. The van der Waals surface area contributed by atoms with Gasteiger partial charge in [-0.25, -0.2) is 18.7 Å². The SMILES string of the molecule is CC(C)(C)OC(=O)N1CCC([C@@H](NS(=O)(=O)c2ccc3ccccc3c2)C(=O)NO)CC1. The largest absolute Gasteiger partial charge is 0.444 e. The number of piperidine rings is 1. The highest BCUT2D eigenvalue weighted by Crippen LogP contribution is 2.25. The van der Waals surface area contributed by atoms with Crippen molar-refractivity contribution in [3.05, 3.63) is 42.5 Å². The number of hydrogen-bond donors (Lipinski definition) is 3. The van der Waals surface area contributed by atoms with Crippen molar-refractivity contribution in [2.24, 2.45) is 5.92 Å². The summed E-state index contributed by atoms with van der Waals surface area (Å²) in [6.45, 7) is 5.96. The number of carbonyl (C=O) groups excluding carboxylic acids is 2. The van der Waals surface area contributed by atoms with Gasteiger partial charge in [0.15, 0.2) is 0 Å². The summed E-state index contributed by atoms with van der Waals surface area (Å²) in [6, 6.07) is 10.9. The Labute approximate surface area is 187 Å². The standard InChI is InChI=1S/C22H29N3O6S/c1-22(2,3)31-21(27)25-12-10-16(11-13-25)19(20(26)23-28)24-32(29,30)18-9-8-15-6-4-5-7-17(15)14-18/h4-9,14,16,19,24,28H,10-13H2,1-3H3,(H,23,26)/t19-/m1/s1. The highest BCUT2D eigenvalue weighted by Gasteiger charge is 2.36. The van der Waals surface area contributed by atoms with Crippen LogP contribution in [-0.2, 0) is 19.6 Å². The van der Waals surface area contributed by atoms with Crippen molar-refractivity contribution < 1.29 is 28.0 Å². The topological polar surface area (TPSA) is 125 Å². The number of hydrogen-bond acceptors (Lipinski definition) is 6. The fourth-order valence-electron chi connectivity index (χ4n) is 3.74. The summed E-state index contributed by atoms with van der Waals surface area (Å²) < 4.78 is 33.9. The average molecular weight is 464 g/mol. The number of nitrogens with zero attached hydrogens (tertiary/aromatic N) is 1. The summed E-state index contributed by atoms with van der Waals surface area (Å²) in [4.78, 5) is 26.2. The lowest BCUT2D eigenvalue weighted by Crippen LogP contribution is -2.53. The number of nitrogens with one attached hydrogen (secondary N) is 2. The maximum absolute atomic E-state index is 13.0. The Morgan fingerprint density at radius 2 is 1.72 bits per heavy atom. The van der Waals surface area contributed by atoms with Gasteiger partial charge in [-0.3, -0.25) is 10.0 Å². The minimum atomic E-state index is -4.04. The lowest BCUT2D eigenvalue weighted by atomic mass is 9.89. The van der Waals surface area contributed by atoms with E-state index in [-0.39, 0.29) is 4.90 Å². The van der Waals surface area contributed by atoms with E-state index in [0.29, 0.717) is 25.9 Å². The molecule has 0 bridgehead atoms. The van der Waals surface area contributed by atoms with Gasteiger partial charge in [0, 0.05) is 13.1 Å². The van der Waals surface area contributed by atoms with Crippen molar-refractivity contribution in [2.75, 3.05) is 13.1 Å². The number of rotatable bonds is 5. The van der Waals surface area contributed by atoms with Crippen LogP contribution in [0.4, 0.5) is 4.79 Å². The first kappa shape index (κ1) is 24.0. The van der Waals surface area contributed by atoms with Crippen LogP contribution in [0, 0.1) is 5.92 Å². The van der Waals surface area contributed by atoms with Crippen LogP contribution in [0.25, 0.3) is 10.8 Å². The van der Waals surface area contributed by atoms with Crippen LogP contribution in [0.1, 0.15) is 33.6 Å². The molecular formula is C22H29N3O6S. The summed E-state index contributed by atoms with van der Waals surface area (Å²) in [5.74, 6) is -1.25. The number of ether oxygens (including phenoxy) is 1. The molecule has 1 aliphatic rings. The second-order valence-corrected chi connectivity index (χ2v) is 10.6. The quantitative estimate of drug-likeness (QED) is 0.462. The number of fused-ring (bicyclic) bond motifs is 1. The molecule has 0 radical (unpaired) electrons. The van der Waals surface area contributed by atoms with Crippen LogP contribution in [0.2, 0.25) is 0 Å². The summed E-state index contributed by atoms with van der Waals surface area (Å²) in [6.07, 6.45) is 0.297. The van der Waals surface area contributed by atoms with Gasteiger partial charge in [0.2, 0.25) is 10.0 Å². The summed E-state index contributed by atoms with van der Waals surface area (Å²) in [5.41, 5.74) is 0.938. The average Bonchev–Trinajstić information content (AvgIpc) is 2.75. The summed E-state index contributed by atoms with van der Waals surface area (Å²) in [5, 5.41) is 10.8. The summed E-state index contributed by atoms with van der Waals surface area (Å²) in [7, 11) is -4.04. The molecule has 1 fully saturated rings. The van der Waals surface area contributed by atoms with Crippen molar-refractivity contribution in [1.82, 2.24) is 15.1 Å². The molecule has 9 nitrogen and oxygen atoms in total. The molecule has 174 valence electrons. The van der Waals surface area contributed by atoms with Crippen molar-refractivity contribution in [2.45, 2.75) is 50.2 Å². The summed E-state index contributed by atoms with van der Waals surface area (Å²) >= 11 is 0. The van der Waals surface area contributed by atoms with Gasteiger partial charge in [-0.2, -0.15) is 4.72 Å². The molecule has 1 atom stereocenters. The van der Waals surface area contributed by atoms with Crippen LogP contribution in [0.3, 0.4) is 0 Å². The van der Waals surface area contributed by atoms with E-state index in [1.54, 1.807) is 38.4 Å². The molecule has 1 heterocycles. The van der Waals surface area contributed by atoms with Crippen LogP contribution < -0.4 is 10.2 Å². The third-order valence-corrected chi connectivity index (χ3v) is 6.81. The number of benzene rings is 2. The highest BCUT2D eigenvalue weighted by molar-refractivity contribution is 7.89. The zero-order valence-corrected chi connectivity index (χ0v) is 19.2. The zero-order valence-electron chi connectivity index (χ0n) is 18.4. The lowest BCUT2D eigenvalue weighted by molar-refractivity contribution is -0.132. The molecule has 1 saturated heterocycles. The molecule has 0 unspecified atom stereocenters. The molecule has 0 aliphatic carbocycles. The van der Waals surface area contributed by atoms with Gasteiger partial charge in [-0.15, -0.1) is 0 Å². The van der Waals surface area contributed by atoms with E-state index >= 15 is 0 Å². The molecule has 3 N–H and O–H groups in total. The van der Waals surface area contributed by atoms with Gasteiger partial charge < -0.3 is 9.64 Å². The third kappa shape index (κ3) is 5.76. The fraction of sp³-hybridized carbons (Fsp3) is 0.455. The molecule has 32 heavy (non-hydrogen) atoms. The first-order valence-corrected chi connectivity index (χ1v) is 11.9. The van der Waals surface area contributed by atoms with Crippen molar-refractivity contribution >= 4 is 32.8 Å². The zero-order chi connectivity index (χ0) is 23.5. The highest BCUT2D eigenvalue weighted by atomic mass is 32.2. The molecule has 2 amide bonds. The first-order valence-electron chi connectivity index (χ1n) is 10.4. The second-order valence-electron chi connectivity index (χ2n) is 8.89. The number of hydroxylamine groups is 1. The molecule has 2 aromatic rings. The minimum absolute atomic E-state index is 0.0260. The fourth-order valence-corrected chi connectivity index (χ4v) is 5.04.